The molecule has 1 aliphatic carbocycles. The molecule has 0 aromatic carbocycles. The molecular weight excluding hydrogens is 262 g/mol. The Hall–Kier alpha value is -0.940. The normalized spacial score (nSPS) is 29.3. The van der Waals surface area contributed by atoms with Crippen molar-refractivity contribution in [1.29, 1.82) is 0 Å². The number of hydrogen-bond donors (Lipinski definition) is 1. The summed E-state index contributed by atoms with van der Waals surface area (Å²) in [5, 5.41) is 12.2. The van der Waals surface area contributed by atoms with Gasteiger partial charge >= 0.3 is 0 Å². The van der Waals surface area contributed by atoms with Gasteiger partial charge in [0.15, 0.2) is 0 Å². The van der Waals surface area contributed by atoms with Gasteiger partial charge in [-0.1, -0.05) is 27.2 Å². The number of nitrogens with zero attached hydrogens (tertiary/aromatic N) is 4. The van der Waals surface area contributed by atoms with Crippen molar-refractivity contribution >= 4 is 0 Å². The van der Waals surface area contributed by atoms with Gasteiger partial charge in [0.25, 0.3) is 0 Å². The second-order valence-corrected chi connectivity index (χ2v) is 7.29. The predicted molar refractivity (Wildman–Crippen MR) is 83.9 cm³/mol. The summed E-state index contributed by atoms with van der Waals surface area (Å²) in [7, 11) is 0. The largest absolute Gasteiger partial charge is 0.315 e. The summed E-state index contributed by atoms with van der Waals surface area (Å²) in [4.78, 5) is 2.64. The van der Waals surface area contributed by atoms with E-state index in [2.05, 4.69) is 45.8 Å². The summed E-state index contributed by atoms with van der Waals surface area (Å²) in [6, 6.07) is 1.21. The standard InChI is InChI=1S/C16H29N5/c1-4-8-17-15-13(6-5-7-16(15,2)3)20-9-10-21-12-18-19-14(21)11-20/h12-13,15,17H,4-11H2,1-3H3. The first kappa shape index (κ1) is 15.0. The molecule has 1 saturated carbocycles. The van der Waals surface area contributed by atoms with Crippen LogP contribution in [0.3, 0.4) is 0 Å². The van der Waals surface area contributed by atoms with Crippen LogP contribution in [0, 0.1) is 5.41 Å². The van der Waals surface area contributed by atoms with Crippen LogP contribution >= 0.6 is 0 Å². The summed E-state index contributed by atoms with van der Waals surface area (Å²) >= 11 is 0. The number of nitrogens with one attached hydrogen (secondary N) is 1. The van der Waals surface area contributed by atoms with E-state index in [1.165, 1.54) is 25.7 Å². The molecule has 0 bridgehead atoms. The van der Waals surface area contributed by atoms with Crippen LogP contribution in [0.2, 0.25) is 0 Å². The lowest BCUT2D eigenvalue weighted by molar-refractivity contribution is 0.0323. The summed E-state index contributed by atoms with van der Waals surface area (Å²) < 4.78 is 2.19. The van der Waals surface area contributed by atoms with E-state index in [9.17, 15) is 0 Å². The van der Waals surface area contributed by atoms with Gasteiger partial charge in [0.1, 0.15) is 12.2 Å². The molecule has 0 amide bonds. The second-order valence-electron chi connectivity index (χ2n) is 7.29. The third kappa shape index (κ3) is 2.99. The molecule has 1 aromatic rings. The highest BCUT2D eigenvalue weighted by atomic mass is 15.3. The lowest BCUT2D eigenvalue weighted by atomic mass is 9.70. The molecule has 1 aromatic heterocycles. The molecule has 2 aliphatic rings. The van der Waals surface area contributed by atoms with Gasteiger partial charge < -0.3 is 9.88 Å². The van der Waals surface area contributed by atoms with Gasteiger partial charge in [-0.2, -0.15) is 0 Å². The molecule has 5 heteroatoms. The van der Waals surface area contributed by atoms with Crippen LogP contribution < -0.4 is 5.32 Å². The smallest absolute Gasteiger partial charge is 0.147 e. The van der Waals surface area contributed by atoms with E-state index in [0.29, 0.717) is 17.5 Å². The zero-order valence-electron chi connectivity index (χ0n) is 13.7. The maximum absolute atomic E-state index is 4.28. The first-order chi connectivity index (χ1) is 10.1. The van der Waals surface area contributed by atoms with Gasteiger partial charge in [0, 0.05) is 25.2 Å². The molecule has 2 heterocycles. The van der Waals surface area contributed by atoms with Crippen LogP contribution in [-0.4, -0.2) is 44.8 Å². The van der Waals surface area contributed by atoms with Crippen molar-refractivity contribution in [2.75, 3.05) is 13.1 Å². The fourth-order valence-corrected chi connectivity index (χ4v) is 4.08. The number of aromatic nitrogens is 3. The molecule has 2 unspecified atom stereocenters. The molecular formula is C16H29N5. The highest BCUT2D eigenvalue weighted by Gasteiger charge is 2.41. The van der Waals surface area contributed by atoms with Crippen LogP contribution in [0.25, 0.3) is 0 Å². The molecule has 0 saturated heterocycles. The fourth-order valence-electron chi connectivity index (χ4n) is 4.08. The lowest BCUT2D eigenvalue weighted by Crippen LogP contribution is -2.59. The molecule has 1 aliphatic heterocycles. The van der Waals surface area contributed by atoms with E-state index in [-0.39, 0.29) is 0 Å². The molecule has 118 valence electrons. The van der Waals surface area contributed by atoms with E-state index in [4.69, 9.17) is 0 Å². The molecule has 2 atom stereocenters. The quantitative estimate of drug-likeness (QED) is 0.922. The first-order valence-electron chi connectivity index (χ1n) is 8.46. The minimum Gasteiger partial charge on any atom is -0.315 e. The Bertz CT molecular complexity index is 467. The van der Waals surface area contributed by atoms with Gasteiger partial charge in [0.05, 0.1) is 6.54 Å². The Balaban J connectivity index is 1.75. The Morgan fingerprint density at radius 3 is 3.05 bits per heavy atom. The minimum atomic E-state index is 0.378. The maximum atomic E-state index is 4.28. The SMILES string of the molecule is CCCNC1C(N2CCn3cnnc3C2)CCCC1(C)C. The van der Waals surface area contributed by atoms with E-state index in [1.54, 1.807) is 0 Å². The summed E-state index contributed by atoms with van der Waals surface area (Å²) in [5.41, 5.74) is 0.378. The molecule has 21 heavy (non-hydrogen) atoms. The van der Waals surface area contributed by atoms with Crippen molar-refractivity contribution < 1.29 is 0 Å². The van der Waals surface area contributed by atoms with Gasteiger partial charge in [0.2, 0.25) is 0 Å². The van der Waals surface area contributed by atoms with Crippen molar-refractivity contribution in [3.05, 3.63) is 12.2 Å². The number of hydrogen-bond acceptors (Lipinski definition) is 4. The van der Waals surface area contributed by atoms with Crippen molar-refractivity contribution in [3.63, 3.8) is 0 Å². The molecule has 1 fully saturated rings. The average Bonchev–Trinajstić information content (AvgIpc) is 2.92. The van der Waals surface area contributed by atoms with Crippen LogP contribution in [0.4, 0.5) is 0 Å². The van der Waals surface area contributed by atoms with Crippen LogP contribution in [0.15, 0.2) is 6.33 Å². The summed E-state index contributed by atoms with van der Waals surface area (Å²) in [5.74, 6) is 1.12. The van der Waals surface area contributed by atoms with E-state index < -0.39 is 0 Å². The third-order valence-electron chi connectivity index (χ3n) is 5.30. The zero-order chi connectivity index (χ0) is 14.9. The molecule has 0 radical (unpaired) electrons. The highest BCUT2D eigenvalue weighted by Crippen LogP contribution is 2.38. The van der Waals surface area contributed by atoms with Crippen molar-refractivity contribution in [2.45, 2.75) is 71.6 Å². The number of rotatable bonds is 4. The van der Waals surface area contributed by atoms with Crippen molar-refractivity contribution in [2.24, 2.45) is 5.41 Å². The second kappa shape index (κ2) is 6.05. The van der Waals surface area contributed by atoms with Gasteiger partial charge in [-0.05, 0) is 31.2 Å². The van der Waals surface area contributed by atoms with Gasteiger partial charge in [-0.3, -0.25) is 4.90 Å². The molecule has 1 N–H and O–H groups in total. The van der Waals surface area contributed by atoms with E-state index in [1.807, 2.05) is 6.33 Å². The fraction of sp³-hybridized carbons (Fsp3) is 0.875. The van der Waals surface area contributed by atoms with E-state index >= 15 is 0 Å². The van der Waals surface area contributed by atoms with Gasteiger partial charge in [-0.15, -0.1) is 10.2 Å². The Morgan fingerprint density at radius 1 is 1.38 bits per heavy atom. The van der Waals surface area contributed by atoms with Crippen LogP contribution in [0.5, 0.6) is 0 Å². The van der Waals surface area contributed by atoms with Crippen molar-refractivity contribution in [3.8, 4) is 0 Å². The molecule has 0 spiro atoms. The Morgan fingerprint density at radius 2 is 2.24 bits per heavy atom. The van der Waals surface area contributed by atoms with E-state index in [0.717, 1.165) is 32.0 Å². The van der Waals surface area contributed by atoms with Gasteiger partial charge in [-0.25, -0.2) is 0 Å². The summed E-state index contributed by atoms with van der Waals surface area (Å²) in [6.07, 6.45) is 7.04. The monoisotopic (exact) mass is 291 g/mol. The third-order valence-corrected chi connectivity index (χ3v) is 5.30. The van der Waals surface area contributed by atoms with Crippen LogP contribution in [-0.2, 0) is 13.1 Å². The lowest BCUT2D eigenvalue weighted by Gasteiger charge is -2.49. The van der Waals surface area contributed by atoms with Crippen LogP contribution in [0.1, 0.15) is 52.3 Å². The first-order valence-corrected chi connectivity index (χ1v) is 8.46. The zero-order valence-corrected chi connectivity index (χ0v) is 13.7. The maximum Gasteiger partial charge on any atom is 0.147 e. The van der Waals surface area contributed by atoms with Crippen molar-refractivity contribution in [1.82, 2.24) is 25.0 Å². The molecule has 3 rings (SSSR count). The highest BCUT2D eigenvalue weighted by molar-refractivity contribution is 5.01. The predicted octanol–water partition coefficient (Wildman–Crippen LogP) is 2.04. The molecule has 5 nitrogen and oxygen atoms in total. The minimum absolute atomic E-state index is 0.378. The Labute approximate surface area is 128 Å². The average molecular weight is 291 g/mol. The number of fused-ring (bicyclic) bond motifs is 1. The Kier molecular flexibility index (Phi) is 4.31. The summed E-state index contributed by atoms with van der Waals surface area (Å²) in [6.45, 7) is 11.3. The topological polar surface area (TPSA) is 46.0 Å².